The second-order valence-corrected chi connectivity index (χ2v) is 7.84. The van der Waals surface area contributed by atoms with Gasteiger partial charge in [0, 0.05) is 29.6 Å². The predicted molar refractivity (Wildman–Crippen MR) is 109 cm³/mol. The van der Waals surface area contributed by atoms with Gasteiger partial charge in [-0.2, -0.15) is 0 Å². The molecule has 3 rings (SSSR count). The maximum Gasteiger partial charge on any atom is 0.0462 e. The van der Waals surface area contributed by atoms with Crippen molar-refractivity contribution >= 4 is 71.5 Å². The lowest BCUT2D eigenvalue weighted by Crippen LogP contribution is -2.09. The Morgan fingerprint density at radius 3 is 1.23 bits per heavy atom. The summed E-state index contributed by atoms with van der Waals surface area (Å²) in [4.78, 5) is 2.24. The van der Waals surface area contributed by atoms with Gasteiger partial charge >= 0.3 is 0 Å². The highest BCUT2D eigenvalue weighted by Crippen LogP contribution is 2.35. The summed E-state index contributed by atoms with van der Waals surface area (Å²) in [6, 6.07) is 25.3. The van der Waals surface area contributed by atoms with Crippen molar-refractivity contribution < 1.29 is 0 Å². The van der Waals surface area contributed by atoms with E-state index in [1.165, 1.54) is 3.57 Å². The van der Waals surface area contributed by atoms with Gasteiger partial charge in [0.05, 0.1) is 0 Å². The number of anilines is 3. The smallest absolute Gasteiger partial charge is 0.0462 e. The van der Waals surface area contributed by atoms with Crippen molar-refractivity contribution in [2.75, 3.05) is 4.90 Å². The molecule has 110 valence electrons. The van der Waals surface area contributed by atoms with E-state index in [1.807, 2.05) is 0 Å². The average Bonchev–Trinajstić information content (AvgIpc) is 2.53. The molecule has 0 amide bonds. The van der Waals surface area contributed by atoms with Gasteiger partial charge in [-0.3, -0.25) is 0 Å². The first-order valence-electron chi connectivity index (χ1n) is 6.70. The van der Waals surface area contributed by atoms with Crippen LogP contribution in [0.5, 0.6) is 0 Å². The van der Waals surface area contributed by atoms with E-state index in [0.29, 0.717) is 0 Å². The topological polar surface area (TPSA) is 3.24 Å². The van der Waals surface area contributed by atoms with Crippen LogP contribution < -0.4 is 4.90 Å². The Morgan fingerprint density at radius 2 is 0.864 bits per heavy atom. The maximum atomic E-state index is 3.50. The molecular weight excluding hydrogens is 517 g/mol. The molecule has 0 saturated carbocycles. The van der Waals surface area contributed by atoms with Crippen molar-refractivity contribution in [2.45, 2.75) is 0 Å². The van der Waals surface area contributed by atoms with E-state index in [0.717, 1.165) is 26.0 Å². The largest absolute Gasteiger partial charge is 0.311 e. The second-order valence-electron chi connectivity index (χ2n) is 4.76. The molecule has 0 fully saturated rings. The molecule has 22 heavy (non-hydrogen) atoms. The van der Waals surface area contributed by atoms with Gasteiger partial charge in [0.2, 0.25) is 0 Å². The van der Waals surface area contributed by atoms with Crippen LogP contribution in [-0.2, 0) is 0 Å². The number of rotatable bonds is 3. The molecule has 0 aliphatic rings. The van der Waals surface area contributed by atoms with E-state index < -0.39 is 0 Å². The molecule has 0 N–H and O–H groups in total. The minimum absolute atomic E-state index is 1.08. The summed E-state index contributed by atoms with van der Waals surface area (Å²) in [5.41, 5.74) is 3.41. The first kappa shape index (κ1) is 16.0. The quantitative estimate of drug-likeness (QED) is 0.323. The van der Waals surface area contributed by atoms with Crippen LogP contribution in [0.25, 0.3) is 0 Å². The summed E-state index contributed by atoms with van der Waals surface area (Å²) in [5, 5.41) is 0. The minimum atomic E-state index is 1.08. The Kier molecular flexibility index (Phi) is 5.21. The van der Waals surface area contributed by atoms with Crippen LogP contribution in [0, 0.1) is 3.57 Å². The molecule has 0 bridgehead atoms. The van der Waals surface area contributed by atoms with Crippen molar-refractivity contribution in [3.05, 3.63) is 85.3 Å². The Bertz CT molecular complexity index is 644. The molecule has 0 saturated heterocycles. The Hall–Kier alpha value is -0.850. The maximum absolute atomic E-state index is 3.50. The minimum Gasteiger partial charge on any atom is -0.311 e. The van der Waals surface area contributed by atoms with E-state index in [9.17, 15) is 0 Å². The van der Waals surface area contributed by atoms with Crippen LogP contribution in [0.3, 0.4) is 0 Å². The summed E-state index contributed by atoms with van der Waals surface area (Å²) >= 11 is 9.33. The van der Waals surface area contributed by atoms with E-state index in [1.54, 1.807) is 0 Å². The van der Waals surface area contributed by atoms with Crippen molar-refractivity contribution in [2.24, 2.45) is 0 Å². The number of hydrogen-bond acceptors (Lipinski definition) is 1. The number of hydrogen-bond donors (Lipinski definition) is 0. The highest BCUT2D eigenvalue weighted by molar-refractivity contribution is 14.1. The predicted octanol–water partition coefficient (Wildman–Crippen LogP) is 7.29. The first-order valence-corrected chi connectivity index (χ1v) is 9.37. The molecule has 0 radical (unpaired) electrons. The van der Waals surface area contributed by atoms with Gasteiger partial charge in [-0.15, -0.1) is 0 Å². The third kappa shape index (κ3) is 3.73. The number of benzene rings is 3. The highest BCUT2D eigenvalue weighted by Gasteiger charge is 2.12. The van der Waals surface area contributed by atoms with Crippen molar-refractivity contribution in [1.82, 2.24) is 0 Å². The second kappa shape index (κ2) is 7.15. The molecular formula is C18H12Br2IN. The summed E-state index contributed by atoms with van der Waals surface area (Å²) in [5.74, 6) is 0. The third-order valence-electron chi connectivity index (χ3n) is 3.25. The standard InChI is InChI=1S/C18H12Br2IN/c19-13-1-7-16(8-2-13)22(17-9-3-14(20)4-10-17)18-11-5-15(21)6-12-18/h1-12H. The van der Waals surface area contributed by atoms with Crippen LogP contribution >= 0.6 is 54.5 Å². The summed E-state index contributed by atoms with van der Waals surface area (Å²) in [6.07, 6.45) is 0. The van der Waals surface area contributed by atoms with Crippen LogP contribution in [0.4, 0.5) is 17.1 Å². The Labute approximate surface area is 160 Å². The molecule has 1 nitrogen and oxygen atoms in total. The fourth-order valence-electron chi connectivity index (χ4n) is 2.22. The van der Waals surface area contributed by atoms with Gasteiger partial charge in [-0.1, -0.05) is 31.9 Å². The monoisotopic (exact) mass is 527 g/mol. The Morgan fingerprint density at radius 1 is 0.545 bits per heavy atom. The molecule has 4 heteroatoms. The van der Waals surface area contributed by atoms with E-state index in [-0.39, 0.29) is 0 Å². The fourth-order valence-corrected chi connectivity index (χ4v) is 3.11. The third-order valence-corrected chi connectivity index (χ3v) is 5.03. The molecule has 0 unspecified atom stereocenters. The van der Waals surface area contributed by atoms with Gasteiger partial charge in [-0.05, 0) is 95.4 Å². The van der Waals surface area contributed by atoms with Gasteiger partial charge in [0.25, 0.3) is 0 Å². The van der Waals surface area contributed by atoms with Gasteiger partial charge < -0.3 is 4.90 Å². The number of nitrogens with zero attached hydrogens (tertiary/aromatic N) is 1. The zero-order chi connectivity index (χ0) is 15.5. The van der Waals surface area contributed by atoms with Crippen molar-refractivity contribution in [1.29, 1.82) is 0 Å². The lowest BCUT2D eigenvalue weighted by molar-refractivity contribution is 1.28. The summed E-state index contributed by atoms with van der Waals surface area (Å²) in [7, 11) is 0. The zero-order valence-corrected chi connectivity index (χ0v) is 16.8. The number of halogens is 3. The molecule has 0 spiro atoms. The molecule has 3 aromatic carbocycles. The summed E-state index contributed by atoms with van der Waals surface area (Å²) < 4.78 is 3.39. The molecule has 0 aliphatic carbocycles. The van der Waals surface area contributed by atoms with E-state index >= 15 is 0 Å². The highest BCUT2D eigenvalue weighted by atomic mass is 127. The van der Waals surface area contributed by atoms with E-state index in [4.69, 9.17) is 0 Å². The van der Waals surface area contributed by atoms with Crippen LogP contribution in [0.2, 0.25) is 0 Å². The van der Waals surface area contributed by atoms with E-state index in [2.05, 4.69) is 132 Å². The van der Waals surface area contributed by atoms with Crippen molar-refractivity contribution in [3.8, 4) is 0 Å². The summed E-state index contributed by atoms with van der Waals surface area (Å²) in [6.45, 7) is 0. The SMILES string of the molecule is Brc1ccc(N(c2ccc(Br)cc2)c2ccc(I)cc2)cc1. The van der Waals surface area contributed by atoms with Gasteiger partial charge in [0.1, 0.15) is 0 Å². The molecule has 0 heterocycles. The van der Waals surface area contributed by atoms with Crippen LogP contribution in [0.1, 0.15) is 0 Å². The lowest BCUT2D eigenvalue weighted by Gasteiger charge is -2.25. The molecule has 3 aromatic rings. The Balaban J connectivity index is 2.10. The van der Waals surface area contributed by atoms with Crippen molar-refractivity contribution in [3.63, 3.8) is 0 Å². The normalized spacial score (nSPS) is 10.5. The lowest BCUT2D eigenvalue weighted by atomic mass is 10.2. The van der Waals surface area contributed by atoms with Gasteiger partial charge in [-0.25, -0.2) is 0 Å². The van der Waals surface area contributed by atoms with Crippen LogP contribution in [-0.4, -0.2) is 0 Å². The zero-order valence-electron chi connectivity index (χ0n) is 11.5. The average molecular weight is 529 g/mol. The molecule has 0 aromatic heterocycles. The van der Waals surface area contributed by atoms with Gasteiger partial charge in [0.15, 0.2) is 0 Å². The first-order chi connectivity index (χ1) is 10.6. The molecule has 0 atom stereocenters. The fraction of sp³-hybridized carbons (Fsp3) is 0. The van der Waals surface area contributed by atoms with Crippen LogP contribution in [0.15, 0.2) is 81.7 Å². The molecule has 0 aliphatic heterocycles.